The van der Waals surface area contributed by atoms with Crippen molar-refractivity contribution >= 4 is 21.8 Å². The summed E-state index contributed by atoms with van der Waals surface area (Å²) in [7, 11) is 0. The van der Waals surface area contributed by atoms with Crippen LogP contribution in [0.4, 0.5) is 4.39 Å². The van der Waals surface area contributed by atoms with Crippen LogP contribution in [0.1, 0.15) is 18.9 Å². The Morgan fingerprint density at radius 1 is 1.56 bits per heavy atom. The number of rotatable bonds is 6. The molecule has 0 aromatic heterocycles. The van der Waals surface area contributed by atoms with Crippen LogP contribution in [0.25, 0.3) is 0 Å². The molecule has 3 nitrogen and oxygen atoms in total. The number of carbonyl (C=O) groups excluding carboxylic acids is 1. The Hall–Kier alpha value is -0.940. The van der Waals surface area contributed by atoms with Gasteiger partial charge >= 0.3 is 0 Å². The van der Waals surface area contributed by atoms with E-state index in [2.05, 4.69) is 21.2 Å². The van der Waals surface area contributed by atoms with Crippen LogP contribution in [0.15, 0.2) is 22.7 Å². The van der Waals surface area contributed by atoms with Crippen molar-refractivity contribution < 1.29 is 9.18 Å². The average molecular weight is 317 g/mol. The van der Waals surface area contributed by atoms with Crippen LogP contribution in [0.5, 0.6) is 0 Å². The lowest BCUT2D eigenvalue weighted by Gasteiger charge is -2.11. The highest BCUT2D eigenvalue weighted by atomic mass is 79.9. The van der Waals surface area contributed by atoms with Crippen molar-refractivity contribution in [1.82, 2.24) is 5.32 Å². The summed E-state index contributed by atoms with van der Waals surface area (Å²) < 4.78 is 14.3. The van der Waals surface area contributed by atoms with Crippen LogP contribution >= 0.6 is 15.9 Å². The van der Waals surface area contributed by atoms with Crippen molar-refractivity contribution in [2.45, 2.75) is 19.8 Å². The highest BCUT2D eigenvalue weighted by molar-refractivity contribution is 9.10. The Labute approximate surface area is 115 Å². The Bertz CT molecular complexity index is 412. The molecule has 18 heavy (non-hydrogen) atoms. The Balaban J connectivity index is 2.42. The quantitative estimate of drug-likeness (QED) is 0.845. The molecule has 0 radical (unpaired) electrons. The number of hydrogen-bond donors (Lipinski definition) is 2. The van der Waals surface area contributed by atoms with Gasteiger partial charge in [-0.25, -0.2) is 4.39 Å². The third-order valence-electron chi connectivity index (χ3n) is 2.75. The lowest BCUT2D eigenvalue weighted by atomic mass is 10.1. The standard InChI is InChI=1S/C13H18BrFN2O/c1-9(4-6-16)13(18)17-7-5-10-8-11(14)2-3-12(10)15/h2-3,8-9H,4-7,16H2,1H3,(H,17,18). The lowest BCUT2D eigenvalue weighted by molar-refractivity contribution is -0.124. The van der Waals surface area contributed by atoms with Crippen molar-refractivity contribution in [3.8, 4) is 0 Å². The summed E-state index contributed by atoms with van der Waals surface area (Å²) >= 11 is 3.29. The summed E-state index contributed by atoms with van der Waals surface area (Å²) in [5.74, 6) is -0.374. The first kappa shape index (κ1) is 15.1. The molecule has 0 saturated carbocycles. The molecule has 1 aromatic carbocycles. The third kappa shape index (κ3) is 4.74. The van der Waals surface area contributed by atoms with E-state index in [1.54, 1.807) is 12.1 Å². The van der Waals surface area contributed by atoms with Gasteiger partial charge in [-0.3, -0.25) is 4.79 Å². The molecule has 0 aliphatic rings. The maximum atomic E-state index is 13.4. The summed E-state index contributed by atoms with van der Waals surface area (Å²) in [6.45, 7) is 2.76. The third-order valence-corrected chi connectivity index (χ3v) is 3.24. The number of benzene rings is 1. The van der Waals surface area contributed by atoms with Crippen LogP contribution in [0, 0.1) is 11.7 Å². The fourth-order valence-electron chi connectivity index (χ4n) is 1.61. The Kier molecular flexibility index (Phi) is 6.29. The molecule has 5 heteroatoms. The summed E-state index contributed by atoms with van der Waals surface area (Å²) in [5.41, 5.74) is 5.98. The van der Waals surface area contributed by atoms with Crippen LogP contribution in [0.3, 0.4) is 0 Å². The van der Waals surface area contributed by atoms with E-state index in [-0.39, 0.29) is 17.6 Å². The zero-order valence-electron chi connectivity index (χ0n) is 10.4. The van der Waals surface area contributed by atoms with Crippen molar-refractivity contribution in [3.63, 3.8) is 0 Å². The highest BCUT2D eigenvalue weighted by Gasteiger charge is 2.11. The molecule has 0 spiro atoms. The van der Waals surface area contributed by atoms with E-state index >= 15 is 0 Å². The van der Waals surface area contributed by atoms with Gasteiger partial charge in [-0.05, 0) is 43.1 Å². The lowest BCUT2D eigenvalue weighted by Crippen LogP contribution is -2.32. The Morgan fingerprint density at radius 2 is 2.28 bits per heavy atom. The first-order valence-corrected chi connectivity index (χ1v) is 6.75. The van der Waals surface area contributed by atoms with Crippen LogP contribution in [-0.4, -0.2) is 19.0 Å². The van der Waals surface area contributed by atoms with Gasteiger partial charge in [0.05, 0.1) is 0 Å². The largest absolute Gasteiger partial charge is 0.356 e. The monoisotopic (exact) mass is 316 g/mol. The molecule has 0 heterocycles. The van der Waals surface area contributed by atoms with Crippen LogP contribution in [0.2, 0.25) is 0 Å². The van der Waals surface area contributed by atoms with Gasteiger partial charge in [-0.15, -0.1) is 0 Å². The fraction of sp³-hybridized carbons (Fsp3) is 0.462. The summed E-state index contributed by atoms with van der Waals surface area (Å²) in [5, 5.41) is 2.79. The highest BCUT2D eigenvalue weighted by Crippen LogP contribution is 2.15. The number of halogens is 2. The molecule has 100 valence electrons. The Morgan fingerprint density at radius 3 is 2.94 bits per heavy atom. The molecular formula is C13H18BrFN2O. The first-order chi connectivity index (χ1) is 8.54. The van der Waals surface area contributed by atoms with E-state index in [4.69, 9.17) is 5.73 Å². The summed E-state index contributed by atoms with van der Waals surface area (Å²) in [6, 6.07) is 4.80. The van der Waals surface area contributed by atoms with Gasteiger partial charge in [-0.2, -0.15) is 0 Å². The smallest absolute Gasteiger partial charge is 0.222 e. The normalized spacial score (nSPS) is 12.2. The van der Waals surface area contributed by atoms with Gasteiger partial charge in [0.25, 0.3) is 0 Å². The number of hydrogen-bond acceptors (Lipinski definition) is 2. The number of nitrogens with one attached hydrogen (secondary N) is 1. The SMILES string of the molecule is CC(CCN)C(=O)NCCc1cc(Br)ccc1F. The summed E-state index contributed by atoms with van der Waals surface area (Å²) in [4.78, 5) is 11.6. The van der Waals surface area contributed by atoms with Crippen LogP contribution < -0.4 is 11.1 Å². The fourth-order valence-corrected chi connectivity index (χ4v) is 2.02. The van der Waals surface area contributed by atoms with Crippen molar-refractivity contribution in [1.29, 1.82) is 0 Å². The van der Waals surface area contributed by atoms with E-state index in [0.29, 0.717) is 31.5 Å². The van der Waals surface area contributed by atoms with Gasteiger partial charge in [0.2, 0.25) is 5.91 Å². The molecule has 0 bridgehead atoms. The predicted molar refractivity (Wildman–Crippen MR) is 73.6 cm³/mol. The molecule has 3 N–H and O–H groups in total. The van der Waals surface area contributed by atoms with Gasteiger partial charge in [-0.1, -0.05) is 22.9 Å². The van der Waals surface area contributed by atoms with E-state index in [9.17, 15) is 9.18 Å². The molecular weight excluding hydrogens is 299 g/mol. The molecule has 1 aromatic rings. The van der Waals surface area contributed by atoms with Crippen molar-refractivity contribution in [2.75, 3.05) is 13.1 Å². The molecule has 0 saturated heterocycles. The average Bonchev–Trinajstić information content (AvgIpc) is 2.33. The van der Waals surface area contributed by atoms with Gasteiger partial charge in [0.15, 0.2) is 0 Å². The van der Waals surface area contributed by atoms with E-state index in [0.717, 1.165) is 4.47 Å². The minimum absolute atomic E-state index is 0.0316. The van der Waals surface area contributed by atoms with Crippen LogP contribution in [-0.2, 0) is 11.2 Å². The topological polar surface area (TPSA) is 55.1 Å². The summed E-state index contributed by atoms with van der Waals surface area (Å²) in [6.07, 6.45) is 1.14. The molecule has 1 atom stereocenters. The second kappa shape index (κ2) is 7.48. The zero-order chi connectivity index (χ0) is 13.5. The van der Waals surface area contributed by atoms with Gasteiger partial charge < -0.3 is 11.1 Å². The maximum Gasteiger partial charge on any atom is 0.222 e. The number of nitrogens with two attached hydrogens (primary N) is 1. The van der Waals surface area contributed by atoms with Crippen molar-refractivity contribution in [2.24, 2.45) is 11.7 Å². The van der Waals surface area contributed by atoms with E-state index in [1.165, 1.54) is 6.07 Å². The second-order valence-electron chi connectivity index (χ2n) is 4.26. The number of carbonyl (C=O) groups is 1. The minimum atomic E-state index is -0.248. The van der Waals surface area contributed by atoms with E-state index < -0.39 is 0 Å². The predicted octanol–water partition coefficient (Wildman–Crippen LogP) is 2.23. The molecule has 1 unspecified atom stereocenters. The van der Waals surface area contributed by atoms with Crippen molar-refractivity contribution in [3.05, 3.63) is 34.1 Å². The second-order valence-corrected chi connectivity index (χ2v) is 5.17. The van der Waals surface area contributed by atoms with Gasteiger partial charge in [0.1, 0.15) is 5.82 Å². The molecule has 1 rings (SSSR count). The van der Waals surface area contributed by atoms with E-state index in [1.807, 2.05) is 6.92 Å². The first-order valence-electron chi connectivity index (χ1n) is 5.96. The molecule has 0 fully saturated rings. The number of amides is 1. The zero-order valence-corrected chi connectivity index (χ0v) is 12.0. The molecule has 1 amide bonds. The minimum Gasteiger partial charge on any atom is -0.356 e. The maximum absolute atomic E-state index is 13.4. The van der Waals surface area contributed by atoms with Gasteiger partial charge in [0, 0.05) is 16.9 Å². The molecule has 0 aliphatic carbocycles. The molecule has 0 aliphatic heterocycles.